The lowest BCUT2D eigenvalue weighted by atomic mass is 9.75. The first-order valence-electron chi connectivity index (χ1n) is 6.40. The van der Waals surface area contributed by atoms with Crippen LogP contribution in [0.15, 0.2) is 0 Å². The molecule has 6 heteroatoms. The Labute approximate surface area is 110 Å². The molecule has 0 unspecified atom stereocenters. The second-order valence-electron chi connectivity index (χ2n) is 6.10. The van der Waals surface area contributed by atoms with Gasteiger partial charge in [-0.15, -0.1) is 0 Å². The molecule has 0 aliphatic rings. The first-order chi connectivity index (χ1) is 8.27. The summed E-state index contributed by atoms with van der Waals surface area (Å²) >= 11 is 0. The van der Waals surface area contributed by atoms with E-state index in [1.165, 1.54) is 0 Å². The van der Waals surface area contributed by atoms with Crippen molar-refractivity contribution < 1.29 is 26.3 Å². The fourth-order valence-corrected chi connectivity index (χ4v) is 1.81. The Morgan fingerprint density at radius 1 is 0.684 bits per heavy atom. The van der Waals surface area contributed by atoms with Gasteiger partial charge in [0.1, 0.15) is 0 Å². The molecule has 0 radical (unpaired) electrons. The van der Waals surface area contributed by atoms with Crippen LogP contribution in [0.2, 0.25) is 0 Å². The lowest BCUT2D eigenvalue weighted by Gasteiger charge is -2.36. The second-order valence-corrected chi connectivity index (χ2v) is 6.10. The molecule has 0 spiro atoms. The summed E-state index contributed by atoms with van der Waals surface area (Å²) < 4.78 is 76.2. The van der Waals surface area contributed by atoms with E-state index in [0.717, 1.165) is 12.8 Å². The minimum Gasteiger partial charge on any atom is -0.170 e. The lowest BCUT2D eigenvalue weighted by molar-refractivity contribution is -0.337. The van der Waals surface area contributed by atoms with E-state index in [1.807, 2.05) is 6.92 Å². The predicted molar refractivity (Wildman–Crippen MR) is 62.8 cm³/mol. The average Bonchev–Trinajstić information content (AvgIpc) is 2.20. The van der Waals surface area contributed by atoms with Crippen molar-refractivity contribution in [3.05, 3.63) is 0 Å². The smallest absolute Gasteiger partial charge is 0.170 e. The van der Waals surface area contributed by atoms with Crippen LogP contribution in [0.1, 0.15) is 59.8 Å². The Morgan fingerprint density at radius 2 is 1.11 bits per heavy atom. The van der Waals surface area contributed by atoms with Gasteiger partial charge in [0.15, 0.2) is 5.41 Å². The van der Waals surface area contributed by atoms with Gasteiger partial charge in [-0.1, -0.05) is 33.6 Å². The molecule has 0 nitrogen and oxygen atoms in total. The summed E-state index contributed by atoms with van der Waals surface area (Å²) in [6.07, 6.45) is -9.24. The highest BCUT2D eigenvalue weighted by Crippen LogP contribution is 2.54. The Morgan fingerprint density at radius 3 is 1.42 bits per heavy atom. The Kier molecular flexibility index (Phi) is 5.79. The number of unbranched alkanes of at least 4 members (excludes halogenated alkanes) is 1. The van der Waals surface area contributed by atoms with E-state index in [0.29, 0.717) is 6.42 Å². The van der Waals surface area contributed by atoms with Crippen LogP contribution in [0.5, 0.6) is 0 Å². The topological polar surface area (TPSA) is 0 Å². The van der Waals surface area contributed by atoms with E-state index in [4.69, 9.17) is 0 Å². The normalized spacial score (nSPS) is 14.8. The molecule has 0 fully saturated rings. The van der Waals surface area contributed by atoms with Crippen molar-refractivity contribution in [3.8, 4) is 0 Å². The van der Waals surface area contributed by atoms with Gasteiger partial charge < -0.3 is 0 Å². The van der Waals surface area contributed by atoms with Crippen LogP contribution in [0, 0.1) is 10.8 Å². The molecule has 0 saturated heterocycles. The van der Waals surface area contributed by atoms with Crippen LogP contribution < -0.4 is 0 Å². The van der Waals surface area contributed by atoms with Gasteiger partial charge in [0.2, 0.25) is 0 Å². The number of alkyl halides is 6. The standard InChI is InChI=1S/C13H22F6/c1-5-6-7-10(2,3)8-9-11(4,12(14,15)16)13(17,18)19/h5-9H2,1-4H3. The van der Waals surface area contributed by atoms with Crippen LogP contribution in [0.3, 0.4) is 0 Å². The van der Waals surface area contributed by atoms with E-state index in [-0.39, 0.29) is 13.3 Å². The molecule has 0 aliphatic carbocycles. The molecule has 0 aromatic rings. The Bertz CT molecular complexity index is 260. The summed E-state index contributed by atoms with van der Waals surface area (Å²) in [6, 6.07) is 0. The summed E-state index contributed by atoms with van der Waals surface area (Å²) in [4.78, 5) is 0. The maximum atomic E-state index is 12.7. The van der Waals surface area contributed by atoms with Gasteiger partial charge in [-0.2, -0.15) is 26.3 Å². The molecule has 0 aliphatic heterocycles. The summed E-state index contributed by atoms with van der Waals surface area (Å²) in [5.41, 5.74) is -4.13. The molecular weight excluding hydrogens is 270 g/mol. The van der Waals surface area contributed by atoms with Gasteiger partial charge in [0.25, 0.3) is 0 Å². The van der Waals surface area contributed by atoms with Crippen molar-refractivity contribution >= 4 is 0 Å². The highest BCUT2D eigenvalue weighted by molar-refractivity contribution is 4.90. The SMILES string of the molecule is CCCCC(C)(C)CCC(C)(C(F)(F)F)C(F)(F)F. The maximum absolute atomic E-state index is 12.7. The number of rotatable bonds is 6. The van der Waals surface area contributed by atoms with Crippen molar-refractivity contribution in [3.63, 3.8) is 0 Å². The maximum Gasteiger partial charge on any atom is 0.402 e. The molecule has 0 heterocycles. The molecule has 0 bridgehead atoms. The minimum atomic E-state index is -5.27. The van der Waals surface area contributed by atoms with Crippen molar-refractivity contribution in [2.45, 2.75) is 72.2 Å². The fourth-order valence-electron chi connectivity index (χ4n) is 1.81. The third-order valence-electron chi connectivity index (χ3n) is 3.76. The molecule has 0 aromatic carbocycles. The van der Waals surface area contributed by atoms with E-state index >= 15 is 0 Å². The lowest BCUT2D eigenvalue weighted by Crippen LogP contribution is -2.48. The third-order valence-corrected chi connectivity index (χ3v) is 3.76. The number of hydrogen-bond donors (Lipinski definition) is 0. The van der Waals surface area contributed by atoms with Crippen molar-refractivity contribution in [2.24, 2.45) is 10.8 Å². The molecule has 19 heavy (non-hydrogen) atoms. The molecule has 0 aromatic heterocycles. The Balaban J connectivity index is 4.89. The van der Waals surface area contributed by atoms with Gasteiger partial charge >= 0.3 is 12.4 Å². The van der Waals surface area contributed by atoms with Gasteiger partial charge in [0.05, 0.1) is 0 Å². The predicted octanol–water partition coefficient (Wildman–Crippen LogP) is 6.11. The van der Waals surface area contributed by atoms with Gasteiger partial charge in [-0.3, -0.25) is 0 Å². The summed E-state index contributed by atoms with van der Waals surface area (Å²) in [5, 5.41) is 0. The van der Waals surface area contributed by atoms with Crippen LogP contribution in [0.25, 0.3) is 0 Å². The van der Waals surface area contributed by atoms with Gasteiger partial charge in [-0.25, -0.2) is 0 Å². The molecule has 0 amide bonds. The molecule has 0 atom stereocenters. The summed E-state index contributed by atoms with van der Waals surface area (Å²) in [5.74, 6) is 0. The Hall–Kier alpha value is -0.420. The fraction of sp³-hybridized carbons (Fsp3) is 1.00. The average molecular weight is 292 g/mol. The number of hydrogen-bond acceptors (Lipinski definition) is 0. The second kappa shape index (κ2) is 5.92. The summed E-state index contributed by atoms with van der Waals surface area (Å²) in [6.45, 7) is 5.63. The quantitative estimate of drug-likeness (QED) is 0.518. The van der Waals surface area contributed by atoms with Crippen LogP contribution in [-0.4, -0.2) is 12.4 Å². The third kappa shape index (κ3) is 4.88. The highest BCUT2D eigenvalue weighted by Gasteiger charge is 2.66. The zero-order valence-corrected chi connectivity index (χ0v) is 11.8. The number of halogens is 6. The summed E-state index contributed by atoms with van der Waals surface area (Å²) in [7, 11) is 0. The minimum absolute atomic E-state index is 0.0947. The van der Waals surface area contributed by atoms with E-state index in [2.05, 4.69) is 0 Å². The molecular formula is C13H22F6. The molecule has 0 N–H and O–H groups in total. The van der Waals surface area contributed by atoms with Gasteiger partial charge in [0, 0.05) is 0 Å². The highest BCUT2D eigenvalue weighted by atomic mass is 19.4. The van der Waals surface area contributed by atoms with Crippen LogP contribution >= 0.6 is 0 Å². The molecule has 116 valence electrons. The molecule has 0 saturated carbocycles. The first-order valence-corrected chi connectivity index (χ1v) is 6.40. The largest absolute Gasteiger partial charge is 0.402 e. The van der Waals surface area contributed by atoms with E-state index in [1.54, 1.807) is 13.8 Å². The van der Waals surface area contributed by atoms with E-state index in [9.17, 15) is 26.3 Å². The zero-order chi connectivity index (χ0) is 15.5. The van der Waals surface area contributed by atoms with Crippen molar-refractivity contribution in [1.29, 1.82) is 0 Å². The monoisotopic (exact) mass is 292 g/mol. The molecule has 0 rings (SSSR count). The van der Waals surface area contributed by atoms with Crippen LogP contribution in [0.4, 0.5) is 26.3 Å². The zero-order valence-electron chi connectivity index (χ0n) is 11.8. The van der Waals surface area contributed by atoms with Crippen LogP contribution in [-0.2, 0) is 0 Å². The van der Waals surface area contributed by atoms with Crippen molar-refractivity contribution in [1.82, 2.24) is 0 Å². The first kappa shape index (κ1) is 18.6. The van der Waals surface area contributed by atoms with Gasteiger partial charge in [-0.05, 0) is 31.6 Å². The van der Waals surface area contributed by atoms with Crippen molar-refractivity contribution in [2.75, 3.05) is 0 Å². The van der Waals surface area contributed by atoms with E-state index < -0.39 is 29.6 Å².